The number of nitrogens with zero attached hydrogens (tertiary/aromatic N) is 2. The first kappa shape index (κ1) is 15.8. The molecule has 0 saturated carbocycles. The first-order chi connectivity index (χ1) is 9.83. The van der Waals surface area contributed by atoms with Crippen molar-refractivity contribution in [3.05, 3.63) is 11.1 Å². The number of nitrogens with one attached hydrogen (secondary N) is 1. The lowest BCUT2D eigenvalue weighted by Crippen LogP contribution is -2.23. The second-order valence-corrected chi connectivity index (χ2v) is 6.95. The van der Waals surface area contributed by atoms with Crippen LogP contribution in [-0.2, 0) is 6.54 Å². The van der Waals surface area contributed by atoms with Crippen LogP contribution >= 0.6 is 11.3 Å². The largest absolute Gasteiger partial charge is 0.348 e. The average molecular weight is 295 g/mol. The van der Waals surface area contributed by atoms with E-state index in [0.29, 0.717) is 0 Å². The maximum Gasteiger partial charge on any atom is 0.185 e. The van der Waals surface area contributed by atoms with E-state index in [0.717, 1.165) is 19.0 Å². The summed E-state index contributed by atoms with van der Waals surface area (Å²) in [4.78, 5) is 8.50. The van der Waals surface area contributed by atoms with Gasteiger partial charge >= 0.3 is 0 Å². The third kappa shape index (κ3) is 4.74. The van der Waals surface area contributed by atoms with Gasteiger partial charge in [0.2, 0.25) is 0 Å². The fraction of sp³-hybridized carbons (Fsp3) is 0.812. The van der Waals surface area contributed by atoms with Gasteiger partial charge in [-0.05, 0) is 38.1 Å². The van der Waals surface area contributed by atoms with Gasteiger partial charge in [0.1, 0.15) is 0 Å². The van der Waals surface area contributed by atoms with E-state index in [4.69, 9.17) is 0 Å². The van der Waals surface area contributed by atoms with Crippen LogP contribution in [0.25, 0.3) is 0 Å². The maximum absolute atomic E-state index is 4.64. The minimum absolute atomic E-state index is 0.940. The third-order valence-electron chi connectivity index (χ3n) is 4.08. The minimum atomic E-state index is 0.940. The fourth-order valence-corrected chi connectivity index (χ4v) is 3.90. The Balaban J connectivity index is 1.84. The number of rotatable bonds is 7. The van der Waals surface area contributed by atoms with Crippen molar-refractivity contribution in [3.8, 4) is 0 Å². The molecule has 1 N–H and O–H groups in total. The van der Waals surface area contributed by atoms with E-state index in [2.05, 4.69) is 35.2 Å². The Morgan fingerprint density at radius 1 is 1.30 bits per heavy atom. The SMILES string of the molecule is CCCNCc1cnc(N2CCCC(CCC)CC2)s1. The monoisotopic (exact) mass is 295 g/mol. The standard InChI is InChI=1S/C16H29N3S/c1-3-6-14-7-5-10-19(11-8-14)16-18-13-15(20-16)12-17-9-4-2/h13-14,17H,3-12H2,1-2H3. The van der Waals surface area contributed by atoms with E-state index < -0.39 is 0 Å². The van der Waals surface area contributed by atoms with E-state index in [-0.39, 0.29) is 0 Å². The zero-order valence-electron chi connectivity index (χ0n) is 13.0. The molecule has 114 valence electrons. The van der Waals surface area contributed by atoms with Crippen molar-refractivity contribution >= 4 is 16.5 Å². The lowest BCUT2D eigenvalue weighted by Gasteiger charge is -2.19. The van der Waals surface area contributed by atoms with Crippen LogP contribution in [0.4, 0.5) is 5.13 Å². The molecule has 1 unspecified atom stereocenters. The van der Waals surface area contributed by atoms with Gasteiger partial charge in [0.25, 0.3) is 0 Å². The summed E-state index contributed by atoms with van der Waals surface area (Å²) in [6.45, 7) is 8.96. The summed E-state index contributed by atoms with van der Waals surface area (Å²) in [7, 11) is 0. The van der Waals surface area contributed by atoms with Crippen molar-refractivity contribution in [2.24, 2.45) is 5.92 Å². The normalized spacial score (nSPS) is 20.1. The van der Waals surface area contributed by atoms with Crippen molar-refractivity contribution in [3.63, 3.8) is 0 Å². The minimum Gasteiger partial charge on any atom is -0.348 e. The zero-order chi connectivity index (χ0) is 14.2. The Bertz CT molecular complexity index is 378. The first-order valence-corrected chi connectivity index (χ1v) is 9.05. The Hall–Kier alpha value is -0.610. The number of thiazole rings is 1. The van der Waals surface area contributed by atoms with Gasteiger partial charge in [-0.15, -0.1) is 11.3 Å². The van der Waals surface area contributed by atoms with Crippen LogP contribution in [0.5, 0.6) is 0 Å². The molecular weight excluding hydrogens is 266 g/mol. The highest BCUT2D eigenvalue weighted by molar-refractivity contribution is 7.15. The average Bonchev–Trinajstić information content (AvgIpc) is 2.79. The van der Waals surface area contributed by atoms with Crippen molar-refractivity contribution in [2.45, 2.75) is 58.9 Å². The van der Waals surface area contributed by atoms with Gasteiger partial charge < -0.3 is 10.2 Å². The molecule has 4 heteroatoms. The van der Waals surface area contributed by atoms with Crippen molar-refractivity contribution in [2.75, 3.05) is 24.5 Å². The lowest BCUT2D eigenvalue weighted by molar-refractivity contribution is 0.435. The molecule has 2 heterocycles. The third-order valence-corrected chi connectivity index (χ3v) is 5.14. The van der Waals surface area contributed by atoms with E-state index in [1.807, 2.05) is 11.3 Å². The molecule has 0 amide bonds. The summed E-state index contributed by atoms with van der Waals surface area (Å²) in [6, 6.07) is 0. The zero-order valence-corrected chi connectivity index (χ0v) is 13.8. The molecule has 0 bridgehead atoms. The predicted molar refractivity (Wildman–Crippen MR) is 88.6 cm³/mol. The molecule has 1 fully saturated rings. The molecule has 1 aliphatic rings. The topological polar surface area (TPSA) is 28.2 Å². The highest BCUT2D eigenvalue weighted by Gasteiger charge is 2.18. The molecule has 0 aliphatic carbocycles. The number of hydrogen-bond donors (Lipinski definition) is 1. The molecule has 0 spiro atoms. The first-order valence-electron chi connectivity index (χ1n) is 8.23. The molecular formula is C16H29N3S. The summed E-state index contributed by atoms with van der Waals surface area (Å²) in [5, 5.41) is 4.69. The molecule has 20 heavy (non-hydrogen) atoms. The summed E-state index contributed by atoms with van der Waals surface area (Å²) >= 11 is 1.87. The molecule has 1 atom stereocenters. The maximum atomic E-state index is 4.64. The summed E-state index contributed by atoms with van der Waals surface area (Å²) in [5.74, 6) is 0.940. The van der Waals surface area contributed by atoms with E-state index in [1.165, 1.54) is 61.6 Å². The summed E-state index contributed by atoms with van der Waals surface area (Å²) < 4.78 is 0. The molecule has 1 aromatic heterocycles. The Morgan fingerprint density at radius 3 is 3.00 bits per heavy atom. The molecule has 0 aromatic carbocycles. The second kappa shape index (κ2) is 8.63. The van der Waals surface area contributed by atoms with Gasteiger partial charge in [-0.2, -0.15) is 0 Å². The Labute approximate surface area is 127 Å². The molecule has 2 rings (SSSR count). The van der Waals surface area contributed by atoms with Gasteiger partial charge in [-0.25, -0.2) is 4.98 Å². The molecule has 1 aromatic rings. The second-order valence-electron chi connectivity index (χ2n) is 5.86. The van der Waals surface area contributed by atoms with Crippen LogP contribution < -0.4 is 10.2 Å². The van der Waals surface area contributed by atoms with E-state index >= 15 is 0 Å². The quantitative estimate of drug-likeness (QED) is 0.769. The molecule has 1 aliphatic heterocycles. The van der Waals surface area contributed by atoms with E-state index in [1.54, 1.807) is 0 Å². The summed E-state index contributed by atoms with van der Waals surface area (Å²) in [5.41, 5.74) is 0. The van der Waals surface area contributed by atoms with Gasteiger partial charge in [0.15, 0.2) is 5.13 Å². The Morgan fingerprint density at radius 2 is 2.20 bits per heavy atom. The molecule has 3 nitrogen and oxygen atoms in total. The van der Waals surface area contributed by atoms with Crippen LogP contribution in [0.2, 0.25) is 0 Å². The predicted octanol–water partition coefficient (Wildman–Crippen LogP) is 4.05. The Kier molecular flexibility index (Phi) is 6.80. The number of anilines is 1. The van der Waals surface area contributed by atoms with Crippen LogP contribution in [0.15, 0.2) is 6.20 Å². The number of hydrogen-bond acceptors (Lipinski definition) is 4. The van der Waals surface area contributed by atoms with Crippen LogP contribution in [0.3, 0.4) is 0 Å². The van der Waals surface area contributed by atoms with Crippen molar-refractivity contribution in [1.29, 1.82) is 0 Å². The highest BCUT2D eigenvalue weighted by Crippen LogP contribution is 2.28. The molecule has 1 saturated heterocycles. The van der Waals surface area contributed by atoms with Crippen molar-refractivity contribution in [1.82, 2.24) is 10.3 Å². The van der Waals surface area contributed by atoms with Gasteiger partial charge in [0, 0.05) is 30.7 Å². The fourth-order valence-electron chi connectivity index (χ4n) is 2.97. The van der Waals surface area contributed by atoms with Crippen molar-refractivity contribution < 1.29 is 0 Å². The summed E-state index contributed by atoms with van der Waals surface area (Å²) in [6.07, 6.45) is 10.0. The van der Waals surface area contributed by atoms with E-state index in [9.17, 15) is 0 Å². The van der Waals surface area contributed by atoms with Crippen LogP contribution in [0.1, 0.15) is 57.2 Å². The van der Waals surface area contributed by atoms with Gasteiger partial charge in [0.05, 0.1) is 0 Å². The lowest BCUT2D eigenvalue weighted by atomic mass is 9.96. The number of aromatic nitrogens is 1. The molecule has 0 radical (unpaired) electrons. The van der Waals surface area contributed by atoms with Crippen LogP contribution in [-0.4, -0.2) is 24.6 Å². The highest BCUT2D eigenvalue weighted by atomic mass is 32.1. The smallest absolute Gasteiger partial charge is 0.185 e. The van der Waals surface area contributed by atoms with Gasteiger partial charge in [-0.3, -0.25) is 0 Å². The van der Waals surface area contributed by atoms with Crippen LogP contribution in [0, 0.1) is 5.92 Å². The van der Waals surface area contributed by atoms with Gasteiger partial charge in [-0.1, -0.05) is 26.7 Å².